The van der Waals surface area contributed by atoms with Gasteiger partial charge in [-0.1, -0.05) is 36.5 Å². The number of hydrogen-bond donors (Lipinski definition) is 1. The quantitative estimate of drug-likeness (QED) is 0.774. The third-order valence-corrected chi connectivity index (χ3v) is 4.89. The average molecular weight is 360 g/mol. The van der Waals surface area contributed by atoms with Crippen molar-refractivity contribution >= 4 is 28.8 Å². The molecule has 7 nitrogen and oxygen atoms in total. The van der Waals surface area contributed by atoms with E-state index in [4.69, 9.17) is 4.74 Å². The van der Waals surface area contributed by atoms with E-state index in [1.54, 1.807) is 31.2 Å². The molecule has 0 fully saturated rings. The van der Waals surface area contributed by atoms with Crippen LogP contribution in [-0.2, 0) is 20.9 Å². The molecular formula is C17H16N2O5S. The van der Waals surface area contributed by atoms with Gasteiger partial charge in [0.05, 0.1) is 17.0 Å². The number of amides is 1. The maximum atomic E-state index is 12.2. The molecule has 1 aliphatic rings. The largest absolute Gasteiger partial charge is 0.493 e. The molecule has 1 unspecified atom stereocenters. The Morgan fingerprint density at radius 1 is 1.36 bits per heavy atom. The van der Waals surface area contributed by atoms with Crippen LogP contribution in [-0.4, -0.2) is 27.7 Å². The van der Waals surface area contributed by atoms with Gasteiger partial charge in [0.15, 0.2) is 0 Å². The van der Waals surface area contributed by atoms with Crippen molar-refractivity contribution < 1.29 is 19.4 Å². The maximum absolute atomic E-state index is 12.2. The highest BCUT2D eigenvalue weighted by Crippen LogP contribution is 2.28. The number of para-hydroxylation sites is 1. The summed E-state index contributed by atoms with van der Waals surface area (Å²) >= 11 is 0.704. The Hall–Kier alpha value is -2.74. The maximum Gasteiger partial charge on any atom is 0.326 e. The van der Waals surface area contributed by atoms with Crippen LogP contribution in [0.15, 0.2) is 34.1 Å². The Morgan fingerprint density at radius 3 is 2.80 bits per heavy atom. The zero-order valence-electron chi connectivity index (χ0n) is 13.7. The molecule has 0 aliphatic carbocycles. The second-order valence-corrected chi connectivity index (χ2v) is 6.59. The number of carbonyl (C=O) groups is 2. The molecule has 1 N–H and O–H groups in total. The first kappa shape index (κ1) is 17.1. The molecule has 0 spiro atoms. The third kappa shape index (κ3) is 3.12. The number of nitrogens with zero attached hydrogens (tertiary/aromatic N) is 2. The van der Waals surface area contributed by atoms with Crippen LogP contribution < -0.4 is 15.4 Å². The predicted molar refractivity (Wildman–Crippen MR) is 90.8 cm³/mol. The van der Waals surface area contributed by atoms with Crippen molar-refractivity contribution in [2.24, 2.45) is 4.99 Å². The van der Waals surface area contributed by atoms with Gasteiger partial charge in [-0.25, -0.2) is 4.99 Å². The number of thiazole rings is 1. The molecule has 1 aromatic carbocycles. The molecule has 0 saturated carbocycles. The molecular weight excluding hydrogens is 344 g/mol. The van der Waals surface area contributed by atoms with Crippen LogP contribution in [0.3, 0.4) is 0 Å². The molecule has 0 radical (unpaired) electrons. The fourth-order valence-corrected chi connectivity index (χ4v) is 3.39. The van der Waals surface area contributed by atoms with E-state index in [-0.39, 0.29) is 16.6 Å². The lowest BCUT2D eigenvalue weighted by Crippen LogP contribution is -2.23. The molecule has 2 heterocycles. The van der Waals surface area contributed by atoms with Gasteiger partial charge in [0.25, 0.3) is 5.91 Å². The van der Waals surface area contributed by atoms with Gasteiger partial charge >= 0.3 is 10.8 Å². The summed E-state index contributed by atoms with van der Waals surface area (Å²) in [5, 5.41) is 11.4. The topological polar surface area (TPSA) is 98.0 Å². The zero-order valence-corrected chi connectivity index (χ0v) is 14.5. The van der Waals surface area contributed by atoms with E-state index in [2.05, 4.69) is 4.99 Å². The molecule has 1 aliphatic heterocycles. The number of aromatic nitrogens is 1. The summed E-state index contributed by atoms with van der Waals surface area (Å²) < 4.78 is 6.04. The number of carbonyl (C=O) groups excluding carboxylic acids is 2. The lowest BCUT2D eigenvalue weighted by molar-refractivity contribution is -0.149. The fraction of sp³-hybridized carbons (Fsp3) is 0.294. The van der Waals surface area contributed by atoms with Crippen LogP contribution in [0, 0.1) is 0 Å². The Kier molecular flexibility index (Phi) is 4.54. The van der Waals surface area contributed by atoms with E-state index >= 15 is 0 Å². The Labute approximate surface area is 146 Å². The smallest absolute Gasteiger partial charge is 0.326 e. The van der Waals surface area contributed by atoms with Gasteiger partial charge in [-0.2, -0.15) is 0 Å². The molecule has 1 amide bonds. The van der Waals surface area contributed by atoms with E-state index in [0.29, 0.717) is 28.3 Å². The highest BCUT2D eigenvalue weighted by Gasteiger charge is 2.27. The van der Waals surface area contributed by atoms with Crippen molar-refractivity contribution in [2.45, 2.75) is 32.9 Å². The molecule has 25 heavy (non-hydrogen) atoms. The second kappa shape index (κ2) is 6.64. The first-order valence-electron chi connectivity index (χ1n) is 7.77. The summed E-state index contributed by atoms with van der Waals surface area (Å²) in [6, 6.07) is 6.87. The van der Waals surface area contributed by atoms with Crippen molar-refractivity contribution in [3.05, 3.63) is 49.4 Å². The van der Waals surface area contributed by atoms with Gasteiger partial charge in [0.1, 0.15) is 11.4 Å². The molecule has 1 atom stereocenters. The summed E-state index contributed by atoms with van der Waals surface area (Å²) in [5.41, 5.74) is 0.171. The van der Waals surface area contributed by atoms with Crippen LogP contribution in [0.5, 0.6) is 5.88 Å². The molecule has 1 aromatic heterocycles. The summed E-state index contributed by atoms with van der Waals surface area (Å²) in [6.45, 7) is 3.20. The van der Waals surface area contributed by atoms with Gasteiger partial charge < -0.3 is 9.84 Å². The van der Waals surface area contributed by atoms with E-state index in [1.807, 2.05) is 6.92 Å². The number of ether oxygens (including phenoxy) is 1. The first-order chi connectivity index (χ1) is 11.9. The van der Waals surface area contributed by atoms with E-state index in [1.165, 1.54) is 0 Å². The van der Waals surface area contributed by atoms with Gasteiger partial charge in [0.2, 0.25) is 5.88 Å². The number of hydrogen-bond acceptors (Lipinski definition) is 6. The van der Waals surface area contributed by atoms with Crippen molar-refractivity contribution in [3.8, 4) is 5.88 Å². The van der Waals surface area contributed by atoms with Crippen LogP contribution in [0.4, 0.5) is 0 Å². The highest BCUT2D eigenvalue weighted by atomic mass is 32.1. The van der Waals surface area contributed by atoms with Gasteiger partial charge in [-0.05, 0) is 19.4 Å². The number of benzene rings is 1. The summed E-state index contributed by atoms with van der Waals surface area (Å²) in [7, 11) is 0. The van der Waals surface area contributed by atoms with Crippen molar-refractivity contribution in [2.75, 3.05) is 0 Å². The molecule has 0 saturated heterocycles. The van der Waals surface area contributed by atoms with Crippen LogP contribution in [0.25, 0.3) is 5.57 Å². The molecule has 2 aromatic rings. The van der Waals surface area contributed by atoms with Crippen LogP contribution in [0.1, 0.15) is 25.1 Å². The van der Waals surface area contributed by atoms with E-state index in [9.17, 15) is 19.5 Å². The SMILES string of the molecule is CCC(C)OC(=O)Cn1c(O)c(C2=c3ccccc3=NC2=O)sc1=O. The highest BCUT2D eigenvalue weighted by molar-refractivity contribution is 7.11. The van der Waals surface area contributed by atoms with Crippen molar-refractivity contribution in [1.82, 2.24) is 4.57 Å². The monoisotopic (exact) mass is 360 g/mol. The number of fused-ring (bicyclic) bond motifs is 1. The minimum Gasteiger partial charge on any atom is -0.493 e. The molecule has 8 heteroatoms. The molecule has 3 rings (SSSR count). The molecule has 130 valence electrons. The number of aromatic hydroxyl groups is 1. The summed E-state index contributed by atoms with van der Waals surface area (Å²) in [4.78, 5) is 39.8. The zero-order chi connectivity index (χ0) is 18.1. The van der Waals surface area contributed by atoms with Gasteiger partial charge in [-0.15, -0.1) is 0 Å². The summed E-state index contributed by atoms with van der Waals surface area (Å²) in [5.74, 6) is -1.57. The van der Waals surface area contributed by atoms with E-state index in [0.717, 1.165) is 4.57 Å². The minimum absolute atomic E-state index is 0.111. The van der Waals surface area contributed by atoms with Gasteiger partial charge in [-0.3, -0.25) is 19.0 Å². The predicted octanol–water partition coefficient (Wildman–Crippen LogP) is 0.316. The van der Waals surface area contributed by atoms with Crippen LogP contribution in [0.2, 0.25) is 0 Å². The van der Waals surface area contributed by atoms with Crippen molar-refractivity contribution in [3.63, 3.8) is 0 Å². The second-order valence-electron chi connectivity index (χ2n) is 5.62. The van der Waals surface area contributed by atoms with E-state index < -0.39 is 29.2 Å². The average Bonchev–Trinajstić information content (AvgIpc) is 3.04. The first-order valence-corrected chi connectivity index (χ1v) is 8.58. The Bertz CT molecular complexity index is 1030. The van der Waals surface area contributed by atoms with Gasteiger partial charge in [0, 0.05) is 5.22 Å². The minimum atomic E-state index is -0.621. The van der Waals surface area contributed by atoms with Crippen molar-refractivity contribution in [1.29, 1.82) is 0 Å². The fourth-order valence-electron chi connectivity index (χ4n) is 2.46. The number of esters is 1. The Balaban J connectivity index is 2.02. The Morgan fingerprint density at radius 2 is 2.08 bits per heavy atom. The number of rotatable bonds is 5. The summed E-state index contributed by atoms with van der Waals surface area (Å²) in [6.07, 6.45) is 0.367. The third-order valence-electron chi connectivity index (χ3n) is 3.90. The normalized spacial score (nSPS) is 14.2. The lowest BCUT2D eigenvalue weighted by atomic mass is 10.1. The lowest BCUT2D eigenvalue weighted by Gasteiger charge is -2.11. The standard InChI is InChI=1S/C17H16N2O5S/c1-3-9(2)24-12(20)8-19-16(22)14(25-17(19)23)13-10-6-4-5-7-11(10)18-15(13)21/h4-7,9,22H,3,8H2,1-2H3. The molecule has 0 bridgehead atoms. The van der Waals surface area contributed by atoms with Crippen LogP contribution >= 0.6 is 11.3 Å².